The number of hydrogen-bond acceptors (Lipinski definition) is 3. The van der Waals surface area contributed by atoms with Gasteiger partial charge in [0.25, 0.3) is 0 Å². The monoisotopic (exact) mass is 271 g/mol. The largest absolute Gasteiger partial charge is 0.393 e. The van der Waals surface area contributed by atoms with E-state index < -0.39 is 0 Å². The number of aromatic amines is 1. The van der Waals surface area contributed by atoms with Gasteiger partial charge in [-0.3, -0.25) is 5.10 Å². The summed E-state index contributed by atoms with van der Waals surface area (Å²) >= 11 is 0. The van der Waals surface area contributed by atoms with E-state index in [9.17, 15) is 5.11 Å². The quantitative estimate of drug-likeness (QED) is 0.782. The maximum Gasteiger partial charge on any atom is 0.0695 e. The van der Waals surface area contributed by atoms with Gasteiger partial charge in [-0.25, -0.2) is 0 Å². The number of rotatable bonds is 5. The van der Waals surface area contributed by atoms with Crippen LogP contribution in [-0.4, -0.2) is 28.0 Å². The van der Waals surface area contributed by atoms with Crippen LogP contribution in [0.3, 0.4) is 0 Å². The van der Waals surface area contributed by atoms with Crippen LogP contribution in [0.15, 0.2) is 36.5 Å². The highest BCUT2D eigenvalue weighted by Gasteiger charge is 2.22. The van der Waals surface area contributed by atoms with Crippen molar-refractivity contribution >= 4 is 0 Å². The number of aliphatic hydroxyl groups excluding tert-OH is 1. The Morgan fingerprint density at radius 1 is 1.25 bits per heavy atom. The molecule has 0 amide bonds. The molecule has 1 saturated carbocycles. The average molecular weight is 271 g/mol. The molecule has 2 atom stereocenters. The predicted molar refractivity (Wildman–Crippen MR) is 79.1 cm³/mol. The van der Waals surface area contributed by atoms with Gasteiger partial charge < -0.3 is 10.4 Å². The van der Waals surface area contributed by atoms with Crippen LogP contribution in [0, 0.1) is 5.92 Å². The molecule has 1 aliphatic rings. The van der Waals surface area contributed by atoms with Gasteiger partial charge in [0.15, 0.2) is 0 Å². The summed E-state index contributed by atoms with van der Waals surface area (Å²) in [6.07, 6.45) is 4.82. The maximum atomic E-state index is 9.53. The van der Waals surface area contributed by atoms with E-state index in [0.29, 0.717) is 5.92 Å². The normalized spacial score (nSPS) is 22.2. The average Bonchev–Trinajstić information content (AvgIpc) is 3.09. The first-order chi connectivity index (χ1) is 9.83. The zero-order valence-corrected chi connectivity index (χ0v) is 11.5. The number of benzene rings is 1. The summed E-state index contributed by atoms with van der Waals surface area (Å²) in [6.45, 7) is 1.78. The zero-order valence-electron chi connectivity index (χ0n) is 11.5. The molecule has 0 aliphatic heterocycles. The second-order valence-electron chi connectivity index (χ2n) is 5.60. The lowest BCUT2D eigenvalue weighted by Gasteiger charge is -2.11. The molecule has 2 aromatic rings. The first kappa shape index (κ1) is 13.3. The molecule has 4 nitrogen and oxygen atoms in total. The van der Waals surface area contributed by atoms with Gasteiger partial charge in [-0.05, 0) is 37.3 Å². The van der Waals surface area contributed by atoms with Crippen molar-refractivity contribution < 1.29 is 5.11 Å². The molecule has 3 N–H and O–H groups in total. The van der Waals surface area contributed by atoms with Crippen molar-refractivity contribution in [2.24, 2.45) is 5.92 Å². The molecule has 1 heterocycles. The van der Waals surface area contributed by atoms with Crippen LogP contribution in [0.4, 0.5) is 0 Å². The van der Waals surface area contributed by atoms with Crippen molar-refractivity contribution in [3.05, 3.63) is 42.1 Å². The van der Waals surface area contributed by atoms with Crippen molar-refractivity contribution in [3.63, 3.8) is 0 Å². The fourth-order valence-corrected chi connectivity index (χ4v) is 2.94. The minimum absolute atomic E-state index is 0.0874. The van der Waals surface area contributed by atoms with E-state index >= 15 is 0 Å². The summed E-state index contributed by atoms with van der Waals surface area (Å²) in [5, 5.41) is 20.3. The van der Waals surface area contributed by atoms with Gasteiger partial charge in [0.05, 0.1) is 18.0 Å². The molecule has 0 radical (unpaired) electrons. The third-order valence-corrected chi connectivity index (χ3v) is 4.04. The first-order valence-electron chi connectivity index (χ1n) is 7.29. The fraction of sp³-hybridized carbons (Fsp3) is 0.438. The van der Waals surface area contributed by atoms with E-state index in [4.69, 9.17) is 0 Å². The topological polar surface area (TPSA) is 60.9 Å². The molecule has 1 aromatic carbocycles. The molecule has 1 aliphatic carbocycles. The van der Waals surface area contributed by atoms with E-state index in [2.05, 4.69) is 27.6 Å². The summed E-state index contributed by atoms with van der Waals surface area (Å²) in [6, 6.07) is 10.3. The van der Waals surface area contributed by atoms with E-state index in [-0.39, 0.29) is 6.10 Å². The Labute approximate surface area is 119 Å². The number of hydrogen-bond donors (Lipinski definition) is 3. The molecule has 2 unspecified atom stereocenters. The van der Waals surface area contributed by atoms with E-state index in [1.165, 1.54) is 5.56 Å². The molecule has 20 heavy (non-hydrogen) atoms. The second-order valence-corrected chi connectivity index (χ2v) is 5.60. The summed E-state index contributed by atoms with van der Waals surface area (Å²) in [7, 11) is 0. The van der Waals surface area contributed by atoms with E-state index in [1.807, 2.05) is 24.4 Å². The lowest BCUT2D eigenvalue weighted by Crippen LogP contribution is -2.21. The summed E-state index contributed by atoms with van der Waals surface area (Å²) < 4.78 is 0. The number of aliphatic hydroxyl groups is 1. The van der Waals surface area contributed by atoms with Gasteiger partial charge >= 0.3 is 0 Å². The van der Waals surface area contributed by atoms with Crippen molar-refractivity contribution in [2.75, 3.05) is 6.54 Å². The van der Waals surface area contributed by atoms with Gasteiger partial charge in [0.2, 0.25) is 0 Å². The van der Waals surface area contributed by atoms with Gasteiger partial charge in [0.1, 0.15) is 0 Å². The maximum absolute atomic E-state index is 9.53. The Morgan fingerprint density at radius 3 is 2.85 bits per heavy atom. The third kappa shape index (κ3) is 3.08. The number of aromatic nitrogens is 2. The van der Waals surface area contributed by atoms with Crippen molar-refractivity contribution in [3.8, 4) is 11.3 Å². The van der Waals surface area contributed by atoms with Crippen molar-refractivity contribution in [1.29, 1.82) is 0 Å². The number of H-pyrrole nitrogens is 1. The molecule has 0 saturated heterocycles. The standard InChI is InChI=1S/C16H21N3O/c20-15-7-6-12(8-15)9-17-10-14-11-18-19-16(14)13-4-2-1-3-5-13/h1-5,11-12,15,17,20H,6-10H2,(H,18,19). The molecule has 106 valence electrons. The minimum atomic E-state index is -0.0874. The molecule has 0 bridgehead atoms. The highest BCUT2D eigenvalue weighted by molar-refractivity contribution is 5.62. The molecular formula is C16H21N3O. The number of nitrogens with zero attached hydrogens (tertiary/aromatic N) is 1. The van der Waals surface area contributed by atoms with Crippen LogP contribution in [0.25, 0.3) is 11.3 Å². The molecule has 1 fully saturated rings. The third-order valence-electron chi connectivity index (χ3n) is 4.04. The summed E-state index contributed by atoms with van der Waals surface area (Å²) in [4.78, 5) is 0. The van der Waals surface area contributed by atoms with E-state index in [0.717, 1.165) is 43.6 Å². The fourth-order valence-electron chi connectivity index (χ4n) is 2.94. The minimum Gasteiger partial charge on any atom is -0.393 e. The highest BCUT2D eigenvalue weighted by atomic mass is 16.3. The Balaban J connectivity index is 1.57. The smallest absolute Gasteiger partial charge is 0.0695 e. The van der Waals surface area contributed by atoms with Crippen LogP contribution in [-0.2, 0) is 6.54 Å². The van der Waals surface area contributed by atoms with Crippen LogP contribution < -0.4 is 5.32 Å². The molecule has 4 heteroatoms. The highest BCUT2D eigenvalue weighted by Crippen LogP contribution is 2.25. The predicted octanol–water partition coefficient (Wildman–Crippen LogP) is 2.33. The van der Waals surface area contributed by atoms with E-state index in [1.54, 1.807) is 0 Å². The summed E-state index contributed by atoms with van der Waals surface area (Å²) in [5.74, 6) is 0.608. The Bertz CT molecular complexity index is 538. The number of nitrogens with one attached hydrogen (secondary N) is 2. The van der Waals surface area contributed by atoms with Crippen molar-refractivity contribution in [2.45, 2.75) is 31.9 Å². The Hall–Kier alpha value is -1.65. The Morgan fingerprint density at radius 2 is 2.10 bits per heavy atom. The van der Waals surface area contributed by atoms with Crippen LogP contribution in [0.5, 0.6) is 0 Å². The second kappa shape index (κ2) is 6.20. The van der Waals surface area contributed by atoms with Crippen LogP contribution >= 0.6 is 0 Å². The van der Waals surface area contributed by atoms with Crippen LogP contribution in [0.1, 0.15) is 24.8 Å². The van der Waals surface area contributed by atoms with Crippen molar-refractivity contribution in [1.82, 2.24) is 15.5 Å². The SMILES string of the molecule is OC1CCC(CNCc2cn[nH]c2-c2ccccc2)C1. The lowest BCUT2D eigenvalue weighted by molar-refractivity contribution is 0.177. The molecular weight excluding hydrogens is 250 g/mol. The first-order valence-corrected chi connectivity index (χ1v) is 7.29. The van der Waals surface area contributed by atoms with Gasteiger partial charge in [0, 0.05) is 12.1 Å². The molecule has 3 rings (SSSR count). The lowest BCUT2D eigenvalue weighted by atomic mass is 10.1. The van der Waals surface area contributed by atoms with Crippen LogP contribution in [0.2, 0.25) is 0 Å². The van der Waals surface area contributed by atoms with Gasteiger partial charge in [-0.15, -0.1) is 0 Å². The zero-order chi connectivity index (χ0) is 13.8. The van der Waals surface area contributed by atoms with Gasteiger partial charge in [-0.2, -0.15) is 5.10 Å². The Kier molecular flexibility index (Phi) is 4.14. The van der Waals surface area contributed by atoms with Gasteiger partial charge in [-0.1, -0.05) is 30.3 Å². The molecule has 1 aromatic heterocycles. The summed E-state index contributed by atoms with van der Waals surface area (Å²) in [5.41, 5.74) is 3.44. The molecule has 0 spiro atoms.